The Morgan fingerprint density at radius 2 is 1.68 bits per heavy atom. The van der Waals surface area contributed by atoms with Crippen molar-refractivity contribution in [1.82, 2.24) is 5.32 Å². The molecule has 5 nitrogen and oxygen atoms in total. The van der Waals surface area contributed by atoms with Crippen LogP contribution in [0.15, 0.2) is 53.0 Å². The summed E-state index contributed by atoms with van der Waals surface area (Å²) >= 11 is 3.37. The molecule has 22 heavy (non-hydrogen) atoms. The molecule has 116 valence electrons. The number of carbonyl (C=O) groups is 1. The number of nitrogens with one attached hydrogen (secondary N) is 2. The van der Waals surface area contributed by atoms with Crippen molar-refractivity contribution in [1.29, 1.82) is 0 Å². The van der Waals surface area contributed by atoms with E-state index >= 15 is 0 Å². The normalized spacial score (nSPS) is 9.91. The van der Waals surface area contributed by atoms with Gasteiger partial charge in [-0.1, -0.05) is 24.3 Å². The first-order valence-corrected chi connectivity index (χ1v) is 7.64. The molecule has 0 spiro atoms. The second-order valence-corrected chi connectivity index (χ2v) is 5.13. The highest BCUT2D eigenvalue weighted by Crippen LogP contribution is 2.26. The summed E-state index contributed by atoms with van der Waals surface area (Å²) in [7, 11) is 0. The van der Waals surface area contributed by atoms with Crippen molar-refractivity contribution in [3.05, 3.63) is 53.0 Å². The topological polar surface area (TPSA) is 59.6 Å². The Balaban J connectivity index is 1.84. The van der Waals surface area contributed by atoms with Gasteiger partial charge in [-0.05, 0) is 47.1 Å². The Labute approximate surface area is 137 Å². The number of para-hydroxylation sites is 3. The van der Waals surface area contributed by atoms with Crippen molar-refractivity contribution in [2.24, 2.45) is 0 Å². The van der Waals surface area contributed by atoms with Gasteiger partial charge in [-0.2, -0.15) is 0 Å². The van der Waals surface area contributed by atoms with E-state index in [-0.39, 0.29) is 12.8 Å². The van der Waals surface area contributed by atoms with Crippen LogP contribution in [0.4, 0.5) is 10.5 Å². The first-order chi connectivity index (χ1) is 10.7. The minimum absolute atomic E-state index is 0.0420. The third kappa shape index (κ3) is 4.66. The number of urea groups is 1. The highest BCUT2D eigenvalue weighted by atomic mass is 79.9. The van der Waals surface area contributed by atoms with E-state index in [9.17, 15) is 4.79 Å². The van der Waals surface area contributed by atoms with E-state index in [0.29, 0.717) is 23.8 Å². The lowest BCUT2D eigenvalue weighted by atomic mass is 10.3. The summed E-state index contributed by atoms with van der Waals surface area (Å²) in [6.07, 6.45) is 0. The van der Waals surface area contributed by atoms with E-state index in [2.05, 4.69) is 26.6 Å². The summed E-state index contributed by atoms with van der Waals surface area (Å²) in [6.45, 7) is 2.50. The van der Waals surface area contributed by atoms with Crippen LogP contribution >= 0.6 is 15.9 Å². The van der Waals surface area contributed by atoms with Gasteiger partial charge < -0.3 is 20.1 Å². The van der Waals surface area contributed by atoms with Crippen LogP contribution in [0.2, 0.25) is 0 Å². The molecule has 2 rings (SSSR count). The van der Waals surface area contributed by atoms with E-state index < -0.39 is 0 Å². The number of anilines is 1. The van der Waals surface area contributed by atoms with Gasteiger partial charge in [0.1, 0.15) is 0 Å². The van der Waals surface area contributed by atoms with Gasteiger partial charge in [0.2, 0.25) is 0 Å². The Morgan fingerprint density at radius 1 is 1.05 bits per heavy atom. The second-order valence-electron chi connectivity index (χ2n) is 4.28. The summed E-state index contributed by atoms with van der Waals surface area (Å²) in [4.78, 5) is 11.8. The smallest absolute Gasteiger partial charge is 0.321 e. The molecule has 0 aliphatic rings. The van der Waals surface area contributed by atoms with Crippen molar-refractivity contribution >= 4 is 27.6 Å². The molecular formula is C16H17BrN2O3. The van der Waals surface area contributed by atoms with Crippen LogP contribution in [0.5, 0.6) is 11.5 Å². The average Bonchev–Trinajstić information content (AvgIpc) is 2.51. The molecule has 0 saturated heterocycles. The van der Waals surface area contributed by atoms with Crippen molar-refractivity contribution < 1.29 is 14.3 Å². The molecule has 2 amide bonds. The van der Waals surface area contributed by atoms with E-state index in [1.807, 2.05) is 43.3 Å². The van der Waals surface area contributed by atoms with Crippen molar-refractivity contribution in [3.63, 3.8) is 0 Å². The number of carbonyl (C=O) groups excluding carboxylic acids is 1. The summed E-state index contributed by atoms with van der Waals surface area (Å²) < 4.78 is 11.8. The fourth-order valence-corrected chi connectivity index (χ4v) is 2.14. The molecule has 0 aliphatic carbocycles. The minimum atomic E-state index is -0.346. The standard InChI is InChI=1S/C16H17BrN2O3/c1-2-21-14-9-5-6-10-15(14)22-11-18-16(20)19-13-8-4-3-7-12(13)17/h3-10H,2,11H2,1H3,(H2,18,19,20). The highest BCUT2D eigenvalue weighted by molar-refractivity contribution is 9.10. The molecular weight excluding hydrogens is 348 g/mol. The number of amides is 2. The first kappa shape index (κ1) is 16.2. The summed E-state index contributed by atoms with van der Waals surface area (Å²) in [5.41, 5.74) is 0.690. The molecule has 0 radical (unpaired) electrons. The van der Waals surface area contributed by atoms with Crippen LogP contribution in [-0.2, 0) is 0 Å². The zero-order chi connectivity index (χ0) is 15.8. The van der Waals surface area contributed by atoms with Crippen LogP contribution in [0.25, 0.3) is 0 Å². The summed E-state index contributed by atoms with van der Waals surface area (Å²) in [5.74, 6) is 1.24. The lowest BCUT2D eigenvalue weighted by Gasteiger charge is -2.13. The molecule has 0 atom stereocenters. The molecule has 2 N–H and O–H groups in total. The predicted octanol–water partition coefficient (Wildman–Crippen LogP) is 4.01. The molecule has 2 aromatic carbocycles. The minimum Gasteiger partial charge on any atom is -0.490 e. The molecule has 0 aliphatic heterocycles. The van der Waals surface area contributed by atoms with Gasteiger partial charge in [-0.3, -0.25) is 0 Å². The Morgan fingerprint density at radius 3 is 2.36 bits per heavy atom. The maximum atomic E-state index is 11.8. The predicted molar refractivity (Wildman–Crippen MR) is 89.4 cm³/mol. The number of halogens is 1. The maximum absolute atomic E-state index is 11.8. The Kier molecular flexibility index (Phi) is 6.09. The largest absolute Gasteiger partial charge is 0.490 e. The van der Waals surface area contributed by atoms with Crippen molar-refractivity contribution in [3.8, 4) is 11.5 Å². The Hall–Kier alpha value is -2.21. The number of ether oxygens (including phenoxy) is 2. The SMILES string of the molecule is CCOc1ccccc1OCNC(=O)Nc1ccccc1Br. The molecule has 6 heteroatoms. The zero-order valence-corrected chi connectivity index (χ0v) is 13.7. The van der Waals surface area contributed by atoms with E-state index in [1.54, 1.807) is 12.1 Å². The second kappa shape index (κ2) is 8.29. The van der Waals surface area contributed by atoms with Crippen molar-refractivity contribution in [2.75, 3.05) is 18.7 Å². The maximum Gasteiger partial charge on any atom is 0.321 e. The summed E-state index contributed by atoms with van der Waals surface area (Å²) in [5, 5.41) is 5.36. The molecule has 0 fully saturated rings. The fraction of sp³-hybridized carbons (Fsp3) is 0.188. The van der Waals surface area contributed by atoms with Gasteiger partial charge in [0, 0.05) is 4.47 Å². The quantitative estimate of drug-likeness (QED) is 0.761. The number of hydrogen-bond donors (Lipinski definition) is 2. The lowest BCUT2D eigenvalue weighted by molar-refractivity contribution is 0.229. The Bertz CT molecular complexity index is 634. The van der Waals surface area contributed by atoms with Crippen LogP contribution in [0.3, 0.4) is 0 Å². The van der Waals surface area contributed by atoms with Gasteiger partial charge >= 0.3 is 6.03 Å². The van der Waals surface area contributed by atoms with Gasteiger partial charge in [-0.25, -0.2) is 4.79 Å². The fourth-order valence-electron chi connectivity index (χ4n) is 1.75. The van der Waals surface area contributed by atoms with Crippen LogP contribution in [0.1, 0.15) is 6.92 Å². The van der Waals surface area contributed by atoms with Crippen molar-refractivity contribution in [2.45, 2.75) is 6.92 Å². The van der Waals surface area contributed by atoms with Gasteiger partial charge in [0.05, 0.1) is 12.3 Å². The average molecular weight is 365 g/mol. The van der Waals surface area contributed by atoms with Crippen LogP contribution < -0.4 is 20.1 Å². The number of benzene rings is 2. The van der Waals surface area contributed by atoms with Gasteiger partial charge in [-0.15, -0.1) is 0 Å². The molecule has 0 saturated carbocycles. The summed E-state index contributed by atoms with van der Waals surface area (Å²) in [6, 6.07) is 14.3. The number of rotatable bonds is 6. The first-order valence-electron chi connectivity index (χ1n) is 6.84. The van der Waals surface area contributed by atoms with E-state index in [1.165, 1.54) is 0 Å². The highest BCUT2D eigenvalue weighted by Gasteiger charge is 2.06. The lowest BCUT2D eigenvalue weighted by Crippen LogP contribution is -2.32. The molecule has 2 aromatic rings. The van der Waals surface area contributed by atoms with Crippen LogP contribution in [0, 0.1) is 0 Å². The monoisotopic (exact) mass is 364 g/mol. The zero-order valence-electron chi connectivity index (χ0n) is 12.1. The molecule has 0 aromatic heterocycles. The van der Waals surface area contributed by atoms with Crippen LogP contribution in [-0.4, -0.2) is 19.4 Å². The van der Waals surface area contributed by atoms with Gasteiger partial charge in [0.25, 0.3) is 0 Å². The third-order valence-corrected chi connectivity index (χ3v) is 3.42. The molecule has 0 bridgehead atoms. The molecule has 0 heterocycles. The van der Waals surface area contributed by atoms with Gasteiger partial charge in [0.15, 0.2) is 18.2 Å². The van der Waals surface area contributed by atoms with E-state index in [0.717, 1.165) is 4.47 Å². The van der Waals surface area contributed by atoms with E-state index in [4.69, 9.17) is 9.47 Å². The molecule has 0 unspecified atom stereocenters. The third-order valence-electron chi connectivity index (χ3n) is 2.73. The number of hydrogen-bond acceptors (Lipinski definition) is 3.